The third kappa shape index (κ3) is 2.03. The average Bonchev–Trinajstić information content (AvgIpc) is 2.84. The SMILES string of the molecule is Cc1cccc2nc(C3CC=CCC3C(=O)O)oc12. The van der Waals surface area contributed by atoms with Gasteiger partial charge in [-0.05, 0) is 31.4 Å². The van der Waals surface area contributed by atoms with Crippen molar-refractivity contribution < 1.29 is 14.3 Å². The van der Waals surface area contributed by atoms with Crippen LogP contribution in [0.1, 0.15) is 30.2 Å². The fraction of sp³-hybridized carbons (Fsp3) is 0.333. The minimum Gasteiger partial charge on any atom is -0.481 e. The molecule has 4 nitrogen and oxygen atoms in total. The number of para-hydroxylation sites is 1. The van der Waals surface area contributed by atoms with Gasteiger partial charge in [-0.2, -0.15) is 0 Å². The number of nitrogens with zero attached hydrogens (tertiary/aromatic N) is 1. The lowest BCUT2D eigenvalue weighted by atomic mass is 9.83. The number of allylic oxidation sites excluding steroid dienone is 2. The van der Waals surface area contributed by atoms with Crippen molar-refractivity contribution in [3.63, 3.8) is 0 Å². The lowest BCUT2D eigenvalue weighted by molar-refractivity contribution is -0.142. The predicted octanol–water partition coefficient (Wildman–Crippen LogP) is 3.27. The molecule has 2 atom stereocenters. The van der Waals surface area contributed by atoms with E-state index >= 15 is 0 Å². The molecule has 1 aromatic heterocycles. The second-order valence-corrected chi connectivity index (χ2v) is 4.97. The average molecular weight is 257 g/mol. The van der Waals surface area contributed by atoms with Crippen molar-refractivity contribution in [3.05, 3.63) is 41.8 Å². The number of aryl methyl sites for hydroxylation is 1. The van der Waals surface area contributed by atoms with Gasteiger partial charge in [-0.3, -0.25) is 4.79 Å². The van der Waals surface area contributed by atoms with Crippen LogP contribution in [-0.4, -0.2) is 16.1 Å². The summed E-state index contributed by atoms with van der Waals surface area (Å²) < 4.78 is 5.81. The zero-order valence-electron chi connectivity index (χ0n) is 10.7. The van der Waals surface area contributed by atoms with Gasteiger partial charge < -0.3 is 9.52 Å². The highest BCUT2D eigenvalue weighted by molar-refractivity contribution is 5.76. The quantitative estimate of drug-likeness (QED) is 0.839. The molecule has 0 saturated carbocycles. The Hall–Kier alpha value is -2.10. The van der Waals surface area contributed by atoms with Crippen LogP contribution in [0.3, 0.4) is 0 Å². The van der Waals surface area contributed by atoms with Gasteiger partial charge in [0.05, 0.1) is 11.8 Å². The van der Waals surface area contributed by atoms with Crippen molar-refractivity contribution in [1.82, 2.24) is 4.98 Å². The molecule has 0 amide bonds. The number of carboxylic acids is 1. The Morgan fingerprint density at radius 2 is 2.16 bits per heavy atom. The topological polar surface area (TPSA) is 63.3 Å². The standard InChI is InChI=1S/C15H15NO3/c1-9-5-4-8-12-13(9)19-14(16-12)10-6-2-3-7-11(10)15(17)18/h2-5,8,10-11H,6-7H2,1H3,(H,17,18). The predicted molar refractivity (Wildman–Crippen MR) is 71.0 cm³/mol. The summed E-state index contributed by atoms with van der Waals surface area (Å²) in [6, 6.07) is 5.79. The molecule has 1 aliphatic rings. The Kier molecular flexibility index (Phi) is 2.85. The molecule has 1 N–H and O–H groups in total. The minimum absolute atomic E-state index is 0.172. The third-order valence-electron chi connectivity index (χ3n) is 3.70. The first-order valence-electron chi connectivity index (χ1n) is 6.40. The van der Waals surface area contributed by atoms with Crippen molar-refractivity contribution in [3.8, 4) is 0 Å². The molecule has 1 aromatic carbocycles. The van der Waals surface area contributed by atoms with Crippen LogP contribution in [0.5, 0.6) is 0 Å². The number of aromatic nitrogens is 1. The van der Waals surface area contributed by atoms with Gasteiger partial charge in [0.2, 0.25) is 0 Å². The van der Waals surface area contributed by atoms with E-state index in [1.165, 1.54) is 0 Å². The fourth-order valence-electron chi connectivity index (χ4n) is 2.62. The molecule has 2 unspecified atom stereocenters. The van der Waals surface area contributed by atoms with Crippen LogP contribution in [0.2, 0.25) is 0 Å². The maximum absolute atomic E-state index is 11.3. The second kappa shape index (κ2) is 4.53. The van der Waals surface area contributed by atoms with E-state index in [4.69, 9.17) is 4.42 Å². The van der Waals surface area contributed by atoms with E-state index in [0.717, 1.165) is 16.7 Å². The van der Waals surface area contributed by atoms with Crippen LogP contribution < -0.4 is 0 Å². The van der Waals surface area contributed by atoms with Gasteiger partial charge in [-0.15, -0.1) is 0 Å². The Bertz CT molecular complexity index is 656. The van der Waals surface area contributed by atoms with Crippen LogP contribution in [0.15, 0.2) is 34.8 Å². The Labute approximate surface area is 110 Å². The molecular weight excluding hydrogens is 242 g/mol. The smallest absolute Gasteiger partial charge is 0.307 e. The largest absolute Gasteiger partial charge is 0.481 e. The molecule has 3 rings (SSSR count). The number of rotatable bonds is 2. The molecule has 98 valence electrons. The first-order chi connectivity index (χ1) is 9.16. The van der Waals surface area contributed by atoms with Gasteiger partial charge in [0.25, 0.3) is 0 Å². The summed E-state index contributed by atoms with van der Waals surface area (Å²) in [6.07, 6.45) is 5.13. The maximum atomic E-state index is 11.3. The summed E-state index contributed by atoms with van der Waals surface area (Å²) >= 11 is 0. The number of fused-ring (bicyclic) bond motifs is 1. The molecular formula is C15H15NO3. The number of carboxylic acid groups (broad SMARTS) is 1. The monoisotopic (exact) mass is 257 g/mol. The fourth-order valence-corrected chi connectivity index (χ4v) is 2.62. The van der Waals surface area contributed by atoms with Crippen LogP contribution in [0, 0.1) is 12.8 Å². The van der Waals surface area contributed by atoms with Crippen molar-refractivity contribution >= 4 is 17.1 Å². The molecule has 0 spiro atoms. The van der Waals surface area contributed by atoms with Crippen LogP contribution >= 0.6 is 0 Å². The number of oxazole rings is 1. The summed E-state index contributed by atoms with van der Waals surface area (Å²) in [6.45, 7) is 1.97. The third-order valence-corrected chi connectivity index (χ3v) is 3.70. The van der Waals surface area contributed by atoms with Gasteiger partial charge in [-0.1, -0.05) is 24.3 Å². The van der Waals surface area contributed by atoms with E-state index in [0.29, 0.717) is 18.7 Å². The number of benzene rings is 1. The lowest BCUT2D eigenvalue weighted by Crippen LogP contribution is -2.23. The first kappa shape index (κ1) is 12.0. The first-order valence-corrected chi connectivity index (χ1v) is 6.40. The highest BCUT2D eigenvalue weighted by atomic mass is 16.4. The zero-order chi connectivity index (χ0) is 13.4. The summed E-state index contributed by atoms with van der Waals surface area (Å²) in [5.74, 6) is -0.859. The molecule has 19 heavy (non-hydrogen) atoms. The summed E-state index contributed by atoms with van der Waals surface area (Å²) in [5, 5.41) is 9.30. The number of hydrogen-bond acceptors (Lipinski definition) is 3. The zero-order valence-corrected chi connectivity index (χ0v) is 10.7. The second-order valence-electron chi connectivity index (χ2n) is 4.97. The molecule has 0 aliphatic heterocycles. The highest BCUT2D eigenvalue weighted by Gasteiger charge is 2.33. The lowest BCUT2D eigenvalue weighted by Gasteiger charge is -2.21. The summed E-state index contributed by atoms with van der Waals surface area (Å²) in [7, 11) is 0. The summed E-state index contributed by atoms with van der Waals surface area (Å²) in [5.41, 5.74) is 2.58. The molecule has 2 aromatic rings. The van der Waals surface area contributed by atoms with E-state index < -0.39 is 11.9 Å². The van der Waals surface area contributed by atoms with Crippen LogP contribution in [-0.2, 0) is 4.79 Å². The molecule has 0 saturated heterocycles. The number of aliphatic carboxylic acids is 1. The van der Waals surface area contributed by atoms with Crippen LogP contribution in [0.25, 0.3) is 11.1 Å². The molecule has 0 fully saturated rings. The minimum atomic E-state index is -0.784. The molecule has 1 aliphatic carbocycles. The molecule has 1 heterocycles. The van der Waals surface area contributed by atoms with Gasteiger partial charge in [0.1, 0.15) is 5.52 Å². The van der Waals surface area contributed by atoms with E-state index in [1.54, 1.807) is 0 Å². The highest BCUT2D eigenvalue weighted by Crippen LogP contribution is 2.36. The van der Waals surface area contributed by atoms with Crippen molar-refractivity contribution in [2.45, 2.75) is 25.7 Å². The van der Waals surface area contributed by atoms with Gasteiger partial charge in [0.15, 0.2) is 11.5 Å². The number of carbonyl (C=O) groups is 1. The number of hydrogen-bond donors (Lipinski definition) is 1. The Morgan fingerprint density at radius 1 is 1.37 bits per heavy atom. The molecule has 0 radical (unpaired) electrons. The van der Waals surface area contributed by atoms with Crippen molar-refractivity contribution in [2.24, 2.45) is 5.92 Å². The van der Waals surface area contributed by atoms with E-state index in [-0.39, 0.29) is 5.92 Å². The van der Waals surface area contributed by atoms with E-state index in [1.807, 2.05) is 37.3 Å². The van der Waals surface area contributed by atoms with Gasteiger partial charge >= 0.3 is 5.97 Å². The van der Waals surface area contributed by atoms with Gasteiger partial charge in [0, 0.05) is 0 Å². The molecule has 0 bridgehead atoms. The normalized spacial score (nSPS) is 22.8. The summed E-state index contributed by atoms with van der Waals surface area (Å²) in [4.78, 5) is 15.8. The van der Waals surface area contributed by atoms with E-state index in [2.05, 4.69) is 4.98 Å². The van der Waals surface area contributed by atoms with Crippen LogP contribution in [0.4, 0.5) is 0 Å². The Morgan fingerprint density at radius 3 is 2.89 bits per heavy atom. The molecule has 4 heteroatoms. The van der Waals surface area contributed by atoms with Crippen molar-refractivity contribution in [2.75, 3.05) is 0 Å². The van der Waals surface area contributed by atoms with Gasteiger partial charge in [-0.25, -0.2) is 4.98 Å². The van der Waals surface area contributed by atoms with E-state index in [9.17, 15) is 9.90 Å². The van der Waals surface area contributed by atoms with Crippen molar-refractivity contribution in [1.29, 1.82) is 0 Å². The maximum Gasteiger partial charge on any atom is 0.307 e. The Balaban J connectivity index is 2.05.